The third kappa shape index (κ3) is 5.96. The number of hydrogen-bond acceptors (Lipinski definition) is 3. The van der Waals surface area contributed by atoms with Crippen molar-refractivity contribution in [3.63, 3.8) is 0 Å². The molecule has 1 saturated carbocycles. The molecule has 3 heteroatoms. The zero-order valence-corrected chi connectivity index (χ0v) is 13.4. The Balaban J connectivity index is 1.60. The monoisotopic (exact) mass is 291 g/mol. The molecule has 1 aliphatic rings. The fraction of sp³-hybridized carbons (Fsp3) is 0.667. The third-order valence-electron chi connectivity index (χ3n) is 4.12. The Morgan fingerprint density at radius 2 is 1.52 bits per heavy atom. The molecule has 0 atom stereocenters. The smallest absolute Gasteiger partial charge is 0.119 e. The molecule has 0 amide bonds. The van der Waals surface area contributed by atoms with Gasteiger partial charge in [0.05, 0.1) is 6.61 Å². The Hall–Kier alpha value is -1.22. The van der Waals surface area contributed by atoms with Crippen LogP contribution >= 0.6 is 0 Å². The second-order valence-electron chi connectivity index (χ2n) is 6.08. The first-order valence-corrected chi connectivity index (χ1v) is 8.37. The zero-order chi connectivity index (χ0) is 14.9. The van der Waals surface area contributed by atoms with Gasteiger partial charge in [-0.2, -0.15) is 0 Å². The minimum atomic E-state index is 0.689. The molecule has 0 aromatic heterocycles. The van der Waals surface area contributed by atoms with Crippen LogP contribution in [0.2, 0.25) is 0 Å². The van der Waals surface area contributed by atoms with E-state index in [1.807, 2.05) is 24.3 Å². The fourth-order valence-electron chi connectivity index (χ4n) is 2.75. The number of hydrogen-bond donors (Lipinski definition) is 1. The highest BCUT2D eigenvalue weighted by Gasteiger charge is 2.17. The van der Waals surface area contributed by atoms with Gasteiger partial charge in [0, 0.05) is 12.6 Å². The van der Waals surface area contributed by atoms with E-state index in [0.717, 1.165) is 43.6 Å². The van der Waals surface area contributed by atoms with Crippen LogP contribution in [0.3, 0.4) is 0 Å². The molecule has 1 aromatic rings. The molecule has 0 aliphatic heterocycles. The molecular weight excluding hydrogens is 262 g/mol. The SMILES string of the molecule is CCCOc1ccc(OCCNC2CCC(C)CC2)cc1. The van der Waals surface area contributed by atoms with Crippen molar-refractivity contribution in [3.05, 3.63) is 24.3 Å². The van der Waals surface area contributed by atoms with E-state index in [9.17, 15) is 0 Å². The van der Waals surface area contributed by atoms with Gasteiger partial charge in [-0.15, -0.1) is 0 Å². The Morgan fingerprint density at radius 1 is 0.952 bits per heavy atom. The highest BCUT2D eigenvalue weighted by atomic mass is 16.5. The quantitative estimate of drug-likeness (QED) is 0.734. The average molecular weight is 291 g/mol. The van der Waals surface area contributed by atoms with Crippen molar-refractivity contribution in [1.29, 1.82) is 0 Å². The lowest BCUT2D eigenvalue weighted by molar-refractivity contribution is 0.270. The normalized spacial score (nSPS) is 22.0. The molecule has 0 heterocycles. The maximum Gasteiger partial charge on any atom is 0.119 e. The zero-order valence-electron chi connectivity index (χ0n) is 13.4. The lowest BCUT2D eigenvalue weighted by atomic mass is 9.87. The predicted octanol–water partition coefficient (Wildman–Crippen LogP) is 4.02. The second kappa shape index (κ2) is 8.93. The van der Waals surface area contributed by atoms with Crippen molar-refractivity contribution in [2.75, 3.05) is 19.8 Å². The molecule has 1 fully saturated rings. The van der Waals surface area contributed by atoms with Gasteiger partial charge in [-0.3, -0.25) is 0 Å². The minimum Gasteiger partial charge on any atom is -0.494 e. The van der Waals surface area contributed by atoms with Crippen LogP contribution in [0.1, 0.15) is 46.0 Å². The predicted molar refractivity (Wildman–Crippen MR) is 87.1 cm³/mol. The van der Waals surface area contributed by atoms with E-state index >= 15 is 0 Å². The summed E-state index contributed by atoms with van der Waals surface area (Å²) in [6.45, 7) is 6.88. The summed E-state index contributed by atoms with van der Waals surface area (Å²) < 4.78 is 11.3. The molecule has 2 rings (SSSR count). The molecule has 0 saturated heterocycles. The van der Waals surface area contributed by atoms with Crippen molar-refractivity contribution in [2.45, 2.75) is 52.0 Å². The van der Waals surface area contributed by atoms with Crippen LogP contribution in [0.15, 0.2) is 24.3 Å². The van der Waals surface area contributed by atoms with Crippen molar-refractivity contribution in [1.82, 2.24) is 5.32 Å². The Bertz CT molecular complexity index is 383. The molecule has 1 aromatic carbocycles. The van der Waals surface area contributed by atoms with Crippen molar-refractivity contribution < 1.29 is 9.47 Å². The standard InChI is InChI=1S/C18H29NO2/c1-3-13-20-17-8-10-18(11-9-17)21-14-12-19-16-6-4-15(2)5-7-16/h8-11,15-16,19H,3-7,12-14H2,1-2H3. The van der Waals surface area contributed by atoms with Crippen molar-refractivity contribution in [3.8, 4) is 11.5 Å². The van der Waals surface area contributed by atoms with Gasteiger partial charge < -0.3 is 14.8 Å². The van der Waals surface area contributed by atoms with E-state index in [1.54, 1.807) is 0 Å². The van der Waals surface area contributed by atoms with Gasteiger partial charge in [-0.05, 0) is 62.3 Å². The summed E-state index contributed by atoms with van der Waals surface area (Å²) in [5, 5.41) is 3.60. The van der Waals surface area contributed by atoms with Crippen LogP contribution in [-0.4, -0.2) is 25.8 Å². The molecule has 3 nitrogen and oxygen atoms in total. The van der Waals surface area contributed by atoms with Crippen LogP contribution in [-0.2, 0) is 0 Å². The molecule has 118 valence electrons. The topological polar surface area (TPSA) is 30.5 Å². The largest absolute Gasteiger partial charge is 0.494 e. The summed E-state index contributed by atoms with van der Waals surface area (Å²) in [4.78, 5) is 0. The Labute approximate surface area is 129 Å². The summed E-state index contributed by atoms with van der Waals surface area (Å²) in [6.07, 6.45) is 6.37. The van der Waals surface area contributed by atoms with Crippen molar-refractivity contribution in [2.24, 2.45) is 5.92 Å². The highest BCUT2D eigenvalue weighted by molar-refractivity contribution is 5.31. The number of nitrogens with one attached hydrogen (secondary N) is 1. The summed E-state index contributed by atoms with van der Waals surface area (Å²) in [5.41, 5.74) is 0. The Kier molecular flexibility index (Phi) is 6.87. The van der Waals surface area contributed by atoms with E-state index < -0.39 is 0 Å². The van der Waals surface area contributed by atoms with Gasteiger partial charge in [-0.1, -0.05) is 13.8 Å². The van der Waals surface area contributed by atoms with E-state index in [-0.39, 0.29) is 0 Å². The van der Waals surface area contributed by atoms with Gasteiger partial charge in [0.25, 0.3) is 0 Å². The number of rotatable bonds is 8. The van der Waals surface area contributed by atoms with Gasteiger partial charge in [0.1, 0.15) is 18.1 Å². The first-order chi connectivity index (χ1) is 10.3. The van der Waals surface area contributed by atoms with E-state index in [0.29, 0.717) is 6.04 Å². The van der Waals surface area contributed by atoms with Gasteiger partial charge >= 0.3 is 0 Å². The van der Waals surface area contributed by atoms with Gasteiger partial charge in [-0.25, -0.2) is 0 Å². The number of ether oxygens (including phenoxy) is 2. The molecule has 0 radical (unpaired) electrons. The first-order valence-electron chi connectivity index (χ1n) is 8.37. The van der Waals surface area contributed by atoms with Crippen molar-refractivity contribution >= 4 is 0 Å². The lowest BCUT2D eigenvalue weighted by Crippen LogP contribution is -2.35. The summed E-state index contributed by atoms with van der Waals surface area (Å²) in [7, 11) is 0. The highest BCUT2D eigenvalue weighted by Crippen LogP contribution is 2.23. The van der Waals surface area contributed by atoms with Gasteiger partial charge in [0.2, 0.25) is 0 Å². The molecular formula is C18H29NO2. The van der Waals surface area contributed by atoms with Crippen LogP contribution in [0.4, 0.5) is 0 Å². The summed E-state index contributed by atoms with van der Waals surface area (Å²) in [6, 6.07) is 8.59. The van der Waals surface area contributed by atoms with Crippen LogP contribution in [0.5, 0.6) is 11.5 Å². The summed E-state index contributed by atoms with van der Waals surface area (Å²) >= 11 is 0. The lowest BCUT2D eigenvalue weighted by Gasteiger charge is -2.27. The van der Waals surface area contributed by atoms with Crippen LogP contribution in [0, 0.1) is 5.92 Å². The minimum absolute atomic E-state index is 0.689. The van der Waals surface area contributed by atoms with E-state index in [2.05, 4.69) is 19.2 Å². The maximum atomic E-state index is 5.76. The number of benzene rings is 1. The third-order valence-corrected chi connectivity index (χ3v) is 4.12. The summed E-state index contributed by atoms with van der Waals surface area (Å²) in [5.74, 6) is 2.74. The van der Waals surface area contributed by atoms with E-state index in [1.165, 1.54) is 25.7 Å². The second-order valence-corrected chi connectivity index (χ2v) is 6.08. The molecule has 21 heavy (non-hydrogen) atoms. The van der Waals surface area contributed by atoms with Crippen LogP contribution < -0.4 is 14.8 Å². The first kappa shape index (κ1) is 16.2. The molecule has 0 bridgehead atoms. The molecule has 0 unspecified atom stereocenters. The van der Waals surface area contributed by atoms with Crippen LogP contribution in [0.25, 0.3) is 0 Å². The van der Waals surface area contributed by atoms with Gasteiger partial charge in [0.15, 0.2) is 0 Å². The molecule has 1 N–H and O–H groups in total. The molecule has 1 aliphatic carbocycles. The average Bonchev–Trinajstić information content (AvgIpc) is 2.52. The Morgan fingerprint density at radius 3 is 2.10 bits per heavy atom. The maximum absolute atomic E-state index is 5.76. The fourth-order valence-corrected chi connectivity index (χ4v) is 2.75. The van der Waals surface area contributed by atoms with E-state index in [4.69, 9.17) is 9.47 Å². The molecule has 0 spiro atoms.